The topological polar surface area (TPSA) is 35.2 Å². The van der Waals surface area contributed by atoms with Crippen molar-refractivity contribution in [1.29, 1.82) is 0 Å². The van der Waals surface area contributed by atoms with E-state index in [0.717, 1.165) is 13.0 Å². The minimum atomic E-state index is 0.114. The first-order valence-electron chi connectivity index (χ1n) is 7.88. The van der Waals surface area contributed by atoms with E-state index in [2.05, 4.69) is 52.0 Å². The van der Waals surface area contributed by atoms with Gasteiger partial charge in [-0.25, -0.2) is 0 Å². The summed E-state index contributed by atoms with van der Waals surface area (Å²) in [5.74, 6) is 0.693. The van der Waals surface area contributed by atoms with Crippen LogP contribution in [0.2, 0.25) is 0 Å². The third-order valence-corrected chi connectivity index (χ3v) is 4.16. The van der Waals surface area contributed by atoms with Crippen LogP contribution in [0.4, 0.5) is 0 Å². The molecule has 0 aliphatic heterocycles. The lowest BCUT2D eigenvalue weighted by molar-refractivity contribution is 0.0288. The fourth-order valence-electron chi connectivity index (χ4n) is 2.76. The van der Waals surface area contributed by atoms with Gasteiger partial charge in [-0.05, 0) is 48.6 Å². The van der Waals surface area contributed by atoms with Gasteiger partial charge < -0.3 is 10.5 Å². The van der Waals surface area contributed by atoms with Crippen molar-refractivity contribution in [3.05, 3.63) is 35.4 Å². The van der Waals surface area contributed by atoms with E-state index in [9.17, 15) is 0 Å². The summed E-state index contributed by atoms with van der Waals surface area (Å²) >= 11 is 0. The standard InChI is InChI=1S/C18H29NO/c1-5-20-17(14-8-9-14)16(19)12-13-6-10-15(11-7-13)18(2,3)4/h6-7,10-11,14,16-17H,5,8-9,12,19H2,1-4H3. The summed E-state index contributed by atoms with van der Waals surface area (Å²) in [6.07, 6.45) is 3.70. The van der Waals surface area contributed by atoms with E-state index in [4.69, 9.17) is 10.5 Å². The van der Waals surface area contributed by atoms with E-state index < -0.39 is 0 Å². The predicted octanol–water partition coefficient (Wildman–Crippen LogP) is 3.67. The minimum absolute atomic E-state index is 0.114. The first-order valence-corrected chi connectivity index (χ1v) is 7.88. The Morgan fingerprint density at radius 2 is 1.80 bits per heavy atom. The van der Waals surface area contributed by atoms with Crippen molar-refractivity contribution in [2.75, 3.05) is 6.61 Å². The molecule has 1 aromatic carbocycles. The largest absolute Gasteiger partial charge is 0.377 e. The van der Waals surface area contributed by atoms with Gasteiger partial charge in [-0.3, -0.25) is 0 Å². The molecule has 2 nitrogen and oxygen atoms in total. The van der Waals surface area contributed by atoms with E-state index in [1.807, 2.05) is 0 Å². The van der Waals surface area contributed by atoms with Crippen LogP contribution in [-0.2, 0) is 16.6 Å². The van der Waals surface area contributed by atoms with Gasteiger partial charge >= 0.3 is 0 Å². The number of hydrogen-bond donors (Lipinski definition) is 1. The number of rotatable bonds is 6. The Bertz CT molecular complexity index is 414. The minimum Gasteiger partial charge on any atom is -0.377 e. The molecule has 2 heteroatoms. The summed E-state index contributed by atoms with van der Waals surface area (Å²) in [7, 11) is 0. The summed E-state index contributed by atoms with van der Waals surface area (Å²) in [5, 5.41) is 0. The monoisotopic (exact) mass is 275 g/mol. The fourth-order valence-corrected chi connectivity index (χ4v) is 2.76. The van der Waals surface area contributed by atoms with Gasteiger partial charge in [0.2, 0.25) is 0 Å². The molecule has 2 unspecified atom stereocenters. The maximum atomic E-state index is 6.38. The van der Waals surface area contributed by atoms with Gasteiger partial charge in [-0.2, -0.15) is 0 Å². The summed E-state index contributed by atoms with van der Waals surface area (Å²) in [6, 6.07) is 9.01. The molecule has 1 saturated carbocycles. The Labute approximate surface area is 123 Å². The molecule has 0 radical (unpaired) electrons. The Morgan fingerprint density at radius 1 is 1.20 bits per heavy atom. The Kier molecular flexibility index (Phi) is 4.87. The molecule has 1 aliphatic rings. The lowest BCUT2D eigenvalue weighted by Gasteiger charge is -2.24. The smallest absolute Gasteiger partial charge is 0.0757 e. The average molecular weight is 275 g/mol. The summed E-state index contributed by atoms with van der Waals surface area (Å²) in [5.41, 5.74) is 9.28. The van der Waals surface area contributed by atoms with Crippen LogP contribution in [0.3, 0.4) is 0 Å². The average Bonchev–Trinajstić information content (AvgIpc) is 3.19. The van der Waals surface area contributed by atoms with E-state index in [0.29, 0.717) is 5.92 Å². The quantitative estimate of drug-likeness (QED) is 0.859. The normalized spacial score (nSPS) is 18.9. The number of nitrogens with two attached hydrogens (primary N) is 1. The van der Waals surface area contributed by atoms with Crippen molar-refractivity contribution < 1.29 is 4.74 Å². The second-order valence-electron chi connectivity index (χ2n) is 7.07. The van der Waals surface area contributed by atoms with Crippen LogP contribution in [0, 0.1) is 5.92 Å². The highest BCUT2D eigenvalue weighted by Crippen LogP contribution is 2.36. The van der Waals surface area contributed by atoms with E-state index in [1.54, 1.807) is 0 Å². The van der Waals surface area contributed by atoms with Gasteiger partial charge in [0, 0.05) is 12.6 Å². The highest BCUT2D eigenvalue weighted by molar-refractivity contribution is 5.28. The molecule has 2 N–H and O–H groups in total. The molecule has 20 heavy (non-hydrogen) atoms. The van der Waals surface area contributed by atoms with Gasteiger partial charge in [0.05, 0.1) is 6.10 Å². The van der Waals surface area contributed by atoms with Crippen LogP contribution in [0.5, 0.6) is 0 Å². The summed E-state index contributed by atoms with van der Waals surface area (Å²) < 4.78 is 5.85. The third-order valence-electron chi connectivity index (χ3n) is 4.16. The maximum Gasteiger partial charge on any atom is 0.0757 e. The Balaban J connectivity index is 1.98. The van der Waals surface area contributed by atoms with Crippen molar-refractivity contribution in [1.82, 2.24) is 0 Å². The summed E-state index contributed by atoms with van der Waals surface area (Å²) in [6.45, 7) is 9.54. The van der Waals surface area contributed by atoms with Gasteiger partial charge in [0.15, 0.2) is 0 Å². The maximum absolute atomic E-state index is 6.38. The lowest BCUT2D eigenvalue weighted by Crippen LogP contribution is -2.40. The van der Waals surface area contributed by atoms with Gasteiger partial charge in [0.1, 0.15) is 0 Å². The van der Waals surface area contributed by atoms with Crippen LogP contribution in [0.15, 0.2) is 24.3 Å². The molecule has 1 fully saturated rings. The molecule has 0 spiro atoms. The van der Waals surface area contributed by atoms with Gasteiger partial charge in [-0.15, -0.1) is 0 Å². The second-order valence-corrected chi connectivity index (χ2v) is 7.07. The van der Waals surface area contributed by atoms with Crippen LogP contribution in [0.1, 0.15) is 51.7 Å². The molecule has 0 bridgehead atoms. The van der Waals surface area contributed by atoms with Gasteiger partial charge in [-0.1, -0.05) is 45.0 Å². The molecule has 2 atom stereocenters. The number of hydrogen-bond acceptors (Lipinski definition) is 2. The van der Waals surface area contributed by atoms with Crippen molar-refractivity contribution in [3.8, 4) is 0 Å². The SMILES string of the molecule is CCOC(C(N)Cc1ccc(C(C)(C)C)cc1)C1CC1. The Hall–Kier alpha value is -0.860. The number of benzene rings is 1. The zero-order valence-electron chi connectivity index (χ0n) is 13.4. The van der Waals surface area contributed by atoms with E-state index in [-0.39, 0.29) is 17.6 Å². The predicted molar refractivity (Wildman–Crippen MR) is 85.0 cm³/mol. The van der Waals surface area contributed by atoms with Crippen LogP contribution < -0.4 is 5.73 Å². The van der Waals surface area contributed by atoms with Crippen molar-refractivity contribution in [2.24, 2.45) is 11.7 Å². The van der Waals surface area contributed by atoms with Crippen LogP contribution in [-0.4, -0.2) is 18.8 Å². The fraction of sp³-hybridized carbons (Fsp3) is 0.667. The number of ether oxygens (including phenoxy) is 1. The molecule has 1 aliphatic carbocycles. The van der Waals surface area contributed by atoms with Crippen molar-refractivity contribution >= 4 is 0 Å². The van der Waals surface area contributed by atoms with E-state index in [1.165, 1.54) is 24.0 Å². The molecular formula is C18H29NO. The molecule has 0 heterocycles. The molecule has 2 rings (SSSR count). The van der Waals surface area contributed by atoms with Crippen molar-refractivity contribution in [2.45, 2.75) is 64.5 Å². The molecule has 0 amide bonds. The Morgan fingerprint density at radius 3 is 2.25 bits per heavy atom. The zero-order valence-corrected chi connectivity index (χ0v) is 13.4. The highest BCUT2D eigenvalue weighted by atomic mass is 16.5. The highest BCUT2D eigenvalue weighted by Gasteiger charge is 2.35. The van der Waals surface area contributed by atoms with Crippen LogP contribution >= 0.6 is 0 Å². The van der Waals surface area contributed by atoms with E-state index >= 15 is 0 Å². The van der Waals surface area contributed by atoms with Gasteiger partial charge in [0.25, 0.3) is 0 Å². The molecular weight excluding hydrogens is 246 g/mol. The lowest BCUT2D eigenvalue weighted by atomic mass is 9.86. The van der Waals surface area contributed by atoms with Crippen LogP contribution in [0.25, 0.3) is 0 Å². The zero-order chi connectivity index (χ0) is 14.8. The summed E-state index contributed by atoms with van der Waals surface area (Å²) in [4.78, 5) is 0. The second kappa shape index (κ2) is 6.28. The molecule has 0 aromatic heterocycles. The molecule has 0 saturated heterocycles. The first kappa shape index (κ1) is 15.5. The first-order chi connectivity index (χ1) is 9.41. The molecule has 112 valence electrons. The van der Waals surface area contributed by atoms with Crippen molar-refractivity contribution in [3.63, 3.8) is 0 Å². The molecule has 1 aromatic rings. The third kappa shape index (κ3) is 4.07.